The lowest BCUT2D eigenvalue weighted by Gasteiger charge is -2.09. The highest BCUT2D eigenvalue weighted by Crippen LogP contribution is 2.31. The fraction of sp³-hybridized carbons (Fsp3) is 0.0588. The molecule has 3 rings (SSSR count). The number of esters is 1. The van der Waals surface area contributed by atoms with E-state index in [1.807, 2.05) is 0 Å². The Hall–Kier alpha value is -2.41. The number of methoxy groups -OCH3 is 1. The Morgan fingerprint density at radius 2 is 1.69 bits per heavy atom. The highest BCUT2D eigenvalue weighted by atomic mass is 35.5. The molecule has 3 aromatic rings. The van der Waals surface area contributed by atoms with Gasteiger partial charge in [0.1, 0.15) is 11.5 Å². The normalized spacial score (nSPS) is 10.6. The van der Waals surface area contributed by atoms with Crippen LogP contribution in [0.3, 0.4) is 0 Å². The molecule has 2 aromatic carbocycles. The first kappa shape index (κ1) is 18.4. The average Bonchev–Trinajstić information content (AvgIpc) is 2.94. The quantitative estimate of drug-likeness (QED) is 0.611. The number of aromatic nitrogens is 2. The molecular weight excluding hydrogens is 401 g/mol. The van der Waals surface area contributed by atoms with Crippen LogP contribution in [-0.2, 0) is 4.74 Å². The van der Waals surface area contributed by atoms with Crippen molar-refractivity contribution in [3.8, 4) is 5.69 Å². The number of ether oxygens (including phenoxy) is 1. The first-order valence-electron chi connectivity index (χ1n) is 7.31. The summed E-state index contributed by atoms with van der Waals surface area (Å²) in [7, 11) is 1.31. The van der Waals surface area contributed by atoms with Crippen molar-refractivity contribution in [1.82, 2.24) is 9.78 Å². The zero-order valence-electron chi connectivity index (χ0n) is 13.3. The zero-order valence-corrected chi connectivity index (χ0v) is 15.6. The van der Waals surface area contributed by atoms with Gasteiger partial charge in [0, 0.05) is 16.8 Å². The predicted molar refractivity (Wildman–Crippen MR) is 102 cm³/mol. The van der Waals surface area contributed by atoms with Crippen LogP contribution in [0, 0.1) is 0 Å². The number of H-pyrrole nitrogens is 1. The summed E-state index contributed by atoms with van der Waals surface area (Å²) in [4.78, 5) is 23.7. The van der Waals surface area contributed by atoms with Crippen LogP contribution in [0.15, 0.2) is 47.3 Å². The molecule has 0 bridgehead atoms. The molecule has 0 saturated heterocycles. The smallest absolute Gasteiger partial charge is 0.337 e. The summed E-state index contributed by atoms with van der Waals surface area (Å²) < 4.78 is 5.86. The van der Waals surface area contributed by atoms with Crippen LogP contribution in [0.25, 0.3) is 5.69 Å². The van der Waals surface area contributed by atoms with E-state index in [1.54, 1.807) is 24.3 Å². The predicted octanol–water partition coefficient (Wildman–Crippen LogP) is 4.66. The second kappa shape index (κ2) is 7.45. The monoisotopic (exact) mass is 411 g/mol. The molecule has 0 amide bonds. The van der Waals surface area contributed by atoms with Gasteiger partial charge in [-0.25, -0.2) is 9.48 Å². The van der Waals surface area contributed by atoms with E-state index in [0.29, 0.717) is 27.8 Å². The molecule has 6 nitrogen and oxygen atoms in total. The summed E-state index contributed by atoms with van der Waals surface area (Å²) in [6, 6.07) is 10.9. The minimum atomic E-state index is -0.428. The van der Waals surface area contributed by atoms with Crippen molar-refractivity contribution in [3.63, 3.8) is 0 Å². The standard InChI is InChI=1S/C17H12Cl3N3O3/c1-26-17(25)9-2-4-11(5-3-9)21-14-8-15(24)23(22-14)16-12(19)6-10(18)7-13(16)20/h2-8,21-22H,1H3. The summed E-state index contributed by atoms with van der Waals surface area (Å²) in [5.74, 6) is -0.00830. The Labute approximate surface area is 163 Å². The molecule has 134 valence electrons. The van der Waals surface area contributed by atoms with Crippen molar-refractivity contribution >= 4 is 52.3 Å². The number of aromatic amines is 1. The molecule has 2 N–H and O–H groups in total. The van der Waals surface area contributed by atoms with E-state index >= 15 is 0 Å². The van der Waals surface area contributed by atoms with Crippen LogP contribution in [0.5, 0.6) is 0 Å². The molecule has 0 fully saturated rings. The maximum Gasteiger partial charge on any atom is 0.337 e. The van der Waals surface area contributed by atoms with Gasteiger partial charge in [-0.1, -0.05) is 34.8 Å². The summed E-state index contributed by atoms with van der Waals surface area (Å²) in [6.07, 6.45) is 0. The maximum atomic E-state index is 12.3. The molecule has 0 spiro atoms. The van der Waals surface area contributed by atoms with Gasteiger partial charge in [0.15, 0.2) is 0 Å². The summed E-state index contributed by atoms with van der Waals surface area (Å²) >= 11 is 18.2. The van der Waals surface area contributed by atoms with E-state index in [4.69, 9.17) is 34.8 Å². The lowest BCUT2D eigenvalue weighted by Crippen LogP contribution is -2.14. The number of benzene rings is 2. The molecule has 26 heavy (non-hydrogen) atoms. The second-order valence-electron chi connectivity index (χ2n) is 5.26. The van der Waals surface area contributed by atoms with Gasteiger partial charge in [0.25, 0.3) is 5.56 Å². The topological polar surface area (TPSA) is 76.1 Å². The van der Waals surface area contributed by atoms with Gasteiger partial charge in [0.05, 0.1) is 22.7 Å². The molecule has 1 aromatic heterocycles. The molecule has 0 aliphatic carbocycles. The Morgan fingerprint density at radius 3 is 2.27 bits per heavy atom. The van der Waals surface area contributed by atoms with Crippen molar-refractivity contribution in [2.24, 2.45) is 0 Å². The van der Waals surface area contributed by atoms with Gasteiger partial charge in [-0.2, -0.15) is 0 Å². The molecule has 0 atom stereocenters. The number of nitrogens with one attached hydrogen (secondary N) is 2. The van der Waals surface area contributed by atoms with Gasteiger partial charge in [-0.05, 0) is 36.4 Å². The molecule has 0 saturated carbocycles. The van der Waals surface area contributed by atoms with Gasteiger partial charge in [-0.15, -0.1) is 0 Å². The first-order valence-corrected chi connectivity index (χ1v) is 8.45. The molecule has 0 aliphatic rings. The van der Waals surface area contributed by atoms with Crippen molar-refractivity contribution < 1.29 is 9.53 Å². The van der Waals surface area contributed by atoms with Gasteiger partial charge < -0.3 is 10.1 Å². The third-order valence-electron chi connectivity index (χ3n) is 3.51. The highest BCUT2D eigenvalue weighted by Gasteiger charge is 2.14. The van der Waals surface area contributed by atoms with Crippen LogP contribution in [0.2, 0.25) is 15.1 Å². The third kappa shape index (κ3) is 3.72. The van der Waals surface area contributed by atoms with E-state index < -0.39 is 5.97 Å². The highest BCUT2D eigenvalue weighted by molar-refractivity contribution is 6.40. The average molecular weight is 413 g/mol. The van der Waals surface area contributed by atoms with Gasteiger partial charge in [0.2, 0.25) is 0 Å². The summed E-state index contributed by atoms with van der Waals surface area (Å²) in [6.45, 7) is 0. The van der Waals surface area contributed by atoms with Crippen molar-refractivity contribution in [1.29, 1.82) is 0 Å². The summed E-state index contributed by atoms with van der Waals surface area (Å²) in [5.41, 5.74) is 1.03. The fourth-order valence-corrected chi connectivity index (χ4v) is 3.32. The SMILES string of the molecule is COC(=O)c1ccc(Nc2cc(=O)n(-c3c(Cl)cc(Cl)cc3Cl)[nH]2)cc1. The number of nitrogens with zero attached hydrogens (tertiary/aromatic N) is 1. The Kier molecular flexibility index (Phi) is 5.27. The summed E-state index contributed by atoms with van der Waals surface area (Å²) in [5, 5.41) is 6.75. The molecular formula is C17H12Cl3N3O3. The van der Waals surface area contributed by atoms with Crippen LogP contribution in [0.4, 0.5) is 11.5 Å². The van der Waals surface area contributed by atoms with Gasteiger partial charge >= 0.3 is 5.97 Å². The Bertz CT molecular complexity index is 1000. The van der Waals surface area contributed by atoms with E-state index in [9.17, 15) is 9.59 Å². The van der Waals surface area contributed by atoms with Crippen molar-refractivity contribution in [2.75, 3.05) is 12.4 Å². The van der Waals surface area contributed by atoms with E-state index in [0.717, 1.165) is 0 Å². The number of carbonyl (C=O) groups excluding carboxylic acids is 1. The lowest BCUT2D eigenvalue weighted by atomic mass is 10.2. The minimum Gasteiger partial charge on any atom is -0.465 e. The van der Waals surface area contributed by atoms with E-state index in [-0.39, 0.29) is 15.6 Å². The van der Waals surface area contributed by atoms with E-state index in [2.05, 4.69) is 15.2 Å². The Morgan fingerprint density at radius 1 is 1.08 bits per heavy atom. The first-order chi connectivity index (χ1) is 12.4. The number of anilines is 2. The number of rotatable bonds is 4. The number of halogens is 3. The molecule has 1 heterocycles. The van der Waals surface area contributed by atoms with Crippen LogP contribution < -0.4 is 10.9 Å². The van der Waals surface area contributed by atoms with Crippen molar-refractivity contribution in [2.45, 2.75) is 0 Å². The number of hydrogen-bond acceptors (Lipinski definition) is 4. The second-order valence-corrected chi connectivity index (χ2v) is 6.51. The lowest BCUT2D eigenvalue weighted by molar-refractivity contribution is 0.0601. The molecule has 0 aliphatic heterocycles. The zero-order chi connectivity index (χ0) is 18.8. The minimum absolute atomic E-state index is 0.237. The largest absolute Gasteiger partial charge is 0.465 e. The van der Waals surface area contributed by atoms with E-state index in [1.165, 1.54) is 30.0 Å². The molecule has 0 radical (unpaired) electrons. The van der Waals surface area contributed by atoms with Crippen LogP contribution in [0.1, 0.15) is 10.4 Å². The molecule has 0 unspecified atom stereocenters. The number of hydrogen-bond donors (Lipinski definition) is 2. The number of carbonyl (C=O) groups is 1. The fourth-order valence-electron chi connectivity index (χ4n) is 2.34. The van der Waals surface area contributed by atoms with Gasteiger partial charge in [-0.3, -0.25) is 9.89 Å². The van der Waals surface area contributed by atoms with Crippen LogP contribution >= 0.6 is 34.8 Å². The Balaban J connectivity index is 1.90. The van der Waals surface area contributed by atoms with Crippen molar-refractivity contribution in [3.05, 3.63) is 73.4 Å². The third-order valence-corrected chi connectivity index (χ3v) is 4.31. The molecule has 9 heteroatoms. The van der Waals surface area contributed by atoms with Crippen LogP contribution in [-0.4, -0.2) is 22.9 Å². The maximum absolute atomic E-state index is 12.3.